The van der Waals surface area contributed by atoms with E-state index in [-0.39, 0.29) is 9.74 Å². The maximum atomic E-state index is 5.51. The van der Waals surface area contributed by atoms with E-state index >= 15 is 0 Å². The molecule has 0 aromatic rings. The van der Waals surface area contributed by atoms with Gasteiger partial charge in [0.15, 0.2) is 0 Å². The molecule has 0 aromatic carbocycles. The fraction of sp³-hybridized carbons (Fsp3) is 1.00. The highest BCUT2D eigenvalue weighted by Crippen LogP contribution is 2.02. The van der Waals surface area contributed by atoms with Crippen LogP contribution in [0.1, 0.15) is 52.4 Å². The molecule has 0 amide bonds. The summed E-state index contributed by atoms with van der Waals surface area (Å²) in [5.41, 5.74) is 0. The lowest BCUT2D eigenvalue weighted by molar-refractivity contribution is 0.357. The molecule has 1 atom stereocenters. The van der Waals surface area contributed by atoms with Crippen LogP contribution in [0.2, 0.25) is 0 Å². The topological polar surface area (TPSA) is 9.23 Å². The summed E-state index contributed by atoms with van der Waals surface area (Å²) in [6.45, 7) is 5.26. The molecule has 0 aromatic heterocycles. The average Bonchev–Trinajstić information content (AvgIpc) is 2.13. The van der Waals surface area contributed by atoms with E-state index in [9.17, 15) is 0 Å². The second-order valence-electron chi connectivity index (χ2n) is 3.24. The standard InChI is InChI=1S/C10H22OS2/c1-3-5-7-8-10-13(12)11-9-6-4-2/h3-10H2,1-2H3. The summed E-state index contributed by atoms with van der Waals surface area (Å²) in [6.07, 6.45) is 7.53. The van der Waals surface area contributed by atoms with Gasteiger partial charge < -0.3 is 4.18 Å². The lowest BCUT2D eigenvalue weighted by atomic mass is 10.2. The van der Waals surface area contributed by atoms with Crippen molar-refractivity contribution in [2.45, 2.75) is 52.4 Å². The number of hydrogen-bond donors (Lipinski definition) is 0. The molecule has 0 rings (SSSR count). The summed E-state index contributed by atoms with van der Waals surface area (Å²) in [5, 5.41) is 0. The third-order valence-corrected chi connectivity index (χ3v) is 3.72. The van der Waals surface area contributed by atoms with E-state index in [2.05, 4.69) is 13.8 Å². The summed E-state index contributed by atoms with van der Waals surface area (Å²) in [4.78, 5) is 0. The van der Waals surface area contributed by atoms with Gasteiger partial charge >= 0.3 is 0 Å². The first-order valence-corrected chi connectivity index (χ1v) is 7.57. The van der Waals surface area contributed by atoms with Crippen molar-refractivity contribution in [1.29, 1.82) is 0 Å². The molecule has 0 radical (unpaired) electrons. The van der Waals surface area contributed by atoms with E-state index in [4.69, 9.17) is 15.4 Å². The predicted octanol–water partition coefficient (Wildman–Crippen LogP) is 3.38. The van der Waals surface area contributed by atoms with Gasteiger partial charge in [-0.2, -0.15) is 0 Å². The Morgan fingerprint density at radius 1 is 1.00 bits per heavy atom. The largest absolute Gasteiger partial charge is 0.312 e. The first kappa shape index (κ1) is 13.5. The Kier molecular flexibility index (Phi) is 11.0. The SMILES string of the molecule is CCCCCCS(=S)OCCCC. The fourth-order valence-electron chi connectivity index (χ4n) is 1.00. The zero-order valence-corrected chi connectivity index (χ0v) is 10.5. The van der Waals surface area contributed by atoms with Crippen LogP contribution in [0.15, 0.2) is 0 Å². The summed E-state index contributed by atoms with van der Waals surface area (Å²) in [6, 6.07) is 0. The Morgan fingerprint density at radius 2 is 1.69 bits per heavy atom. The molecule has 0 fully saturated rings. The molecule has 0 bridgehead atoms. The summed E-state index contributed by atoms with van der Waals surface area (Å²) >= 11 is 5.21. The van der Waals surface area contributed by atoms with E-state index < -0.39 is 0 Å². The Bertz CT molecular complexity index is 126. The average molecular weight is 222 g/mol. The van der Waals surface area contributed by atoms with E-state index in [0.29, 0.717) is 0 Å². The summed E-state index contributed by atoms with van der Waals surface area (Å²) in [7, 11) is -0.192. The van der Waals surface area contributed by atoms with Gasteiger partial charge in [-0.25, -0.2) is 0 Å². The Balaban J connectivity index is 3.11. The molecule has 0 aliphatic rings. The van der Waals surface area contributed by atoms with E-state index in [1.54, 1.807) is 0 Å². The molecule has 0 aliphatic carbocycles. The highest BCUT2D eigenvalue weighted by atomic mass is 32.8. The Hall–Kier alpha value is 0.530. The maximum Gasteiger partial charge on any atom is 0.0616 e. The van der Waals surface area contributed by atoms with Gasteiger partial charge in [0, 0.05) is 15.5 Å². The van der Waals surface area contributed by atoms with Crippen LogP contribution in [0.3, 0.4) is 0 Å². The molecule has 3 heteroatoms. The van der Waals surface area contributed by atoms with Gasteiger partial charge in [0.2, 0.25) is 0 Å². The van der Waals surface area contributed by atoms with Crippen LogP contribution in [0, 0.1) is 0 Å². The van der Waals surface area contributed by atoms with E-state index in [0.717, 1.165) is 18.8 Å². The van der Waals surface area contributed by atoms with Crippen molar-refractivity contribution < 1.29 is 4.18 Å². The van der Waals surface area contributed by atoms with Crippen molar-refractivity contribution in [3.8, 4) is 0 Å². The van der Waals surface area contributed by atoms with Gasteiger partial charge in [0.1, 0.15) is 0 Å². The lowest BCUT2D eigenvalue weighted by Gasteiger charge is -2.05. The molecule has 0 heterocycles. The minimum absolute atomic E-state index is 0.192. The summed E-state index contributed by atoms with van der Waals surface area (Å²) < 4.78 is 5.51. The highest BCUT2D eigenvalue weighted by molar-refractivity contribution is 8.26. The molecule has 80 valence electrons. The zero-order chi connectivity index (χ0) is 9.94. The lowest BCUT2D eigenvalue weighted by Crippen LogP contribution is -2.02. The maximum absolute atomic E-state index is 5.51. The third kappa shape index (κ3) is 10.5. The molecule has 13 heavy (non-hydrogen) atoms. The quantitative estimate of drug-likeness (QED) is 0.553. The van der Waals surface area contributed by atoms with Crippen LogP contribution in [0.25, 0.3) is 0 Å². The molecule has 0 N–H and O–H groups in total. The molecular weight excluding hydrogens is 200 g/mol. The minimum atomic E-state index is -0.192. The van der Waals surface area contributed by atoms with Crippen molar-refractivity contribution in [1.82, 2.24) is 0 Å². The van der Waals surface area contributed by atoms with E-state index in [1.165, 1.54) is 32.1 Å². The Morgan fingerprint density at radius 3 is 2.31 bits per heavy atom. The third-order valence-electron chi connectivity index (χ3n) is 1.88. The fourth-order valence-corrected chi connectivity index (χ4v) is 2.42. The molecule has 1 unspecified atom stereocenters. The van der Waals surface area contributed by atoms with Crippen molar-refractivity contribution in [3.63, 3.8) is 0 Å². The molecular formula is C10H22OS2. The van der Waals surface area contributed by atoms with Gasteiger partial charge in [0.05, 0.1) is 6.61 Å². The second-order valence-corrected chi connectivity index (χ2v) is 5.61. The molecule has 0 spiro atoms. The first-order chi connectivity index (χ1) is 6.31. The molecule has 0 saturated heterocycles. The van der Waals surface area contributed by atoms with Crippen LogP contribution < -0.4 is 0 Å². The zero-order valence-electron chi connectivity index (χ0n) is 8.88. The first-order valence-electron chi connectivity index (χ1n) is 5.32. The van der Waals surface area contributed by atoms with Crippen molar-refractivity contribution >= 4 is 20.9 Å². The number of rotatable bonds is 9. The van der Waals surface area contributed by atoms with Gasteiger partial charge in [-0.15, -0.1) is 0 Å². The van der Waals surface area contributed by atoms with Gasteiger partial charge in [-0.1, -0.05) is 39.5 Å². The van der Waals surface area contributed by atoms with Crippen LogP contribution in [-0.4, -0.2) is 12.4 Å². The van der Waals surface area contributed by atoms with Crippen LogP contribution in [0.4, 0.5) is 0 Å². The predicted molar refractivity (Wildman–Crippen MR) is 64.6 cm³/mol. The van der Waals surface area contributed by atoms with Gasteiger partial charge in [-0.3, -0.25) is 0 Å². The van der Waals surface area contributed by atoms with Crippen molar-refractivity contribution in [2.75, 3.05) is 12.4 Å². The normalized spacial score (nSPS) is 13.1. The summed E-state index contributed by atoms with van der Waals surface area (Å²) in [5.74, 6) is 1.08. The van der Waals surface area contributed by atoms with Crippen molar-refractivity contribution in [3.05, 3.63) is 0 Å². The number of unbranched alkanes of at least 4 members (excludes halogenated alkanes) is 4. The van der Waals surface area contributed by atoms with Crippen LogP contribution in [0.5, 0.6) is 0 Å². The van der Waals surface area contributed by atoms with Crippen LogP contribution in [-0.2, 0) is 25.1 Å². The number of hydrogen-bond acceptors (Lipinski definition) is 2. The van der Waals surface area contributed by atoms with Crippen molar-refractivity contribution in [2.24, 2.45) is 0 Å². The van der Waals surface area contributed by atoms with Gasteiger partial charge in [0.25, 0.3) is 0 Å². The minimum Gasteiger partial charge on any atom is -0.312 e. The highest BCUT2D eigenvalue weighted by Gasteiger charge is 1.95. The molecule has 0 saturated carbocycles. The van der Waals surface area contributed by atoms with Gasteiger partial charge in [-0.05, 0) is 24.0 Å². The second kappa shape index (κ2) is 10.6. The molecule has 0 aliphatic heterocycles. The molecule has 1 nitrogen and oxygen atoms in total. The van der Waals surface area contributed by atoms with E-state index in [1.807, 2.05) is 0 Å². The Labute approximate surface area is 90.0 Å². The smallest absolute Gasteiger partial charge is 0.0616 e. The van der Waals surface area contributed by atoms with Crippen LogP contribution >= 0.6 is 0 Å². The monoisotopic (exact) mass is 222 g/mol.